The standard InChI is InChI=1S/C11H23NO4/c1-3-16-11(14)8-10(13)9-12-6-4-5-7-15-2/h10,12-13H,3-9H2,1-2H3. The molecule has 0 fully saturated rings. The molecule has 0 amide bonds. The average molecular weight is 233 g/mol. The minimum atomic E-state index is -0.665. The molecule has 5 heteroatoms. The Morgan fingerprint density at radius 3 is 2.81 bits per heavy atom. The lowest BCUT2D eigenvalue weighted by atomic mass is 10.2. The van der Waals surface area contributed by atoms with Gasteiger partial charge in [0.15, 0.2) is 0 Å². The quantitative estimate of drug-likeness (QED) is 0.420. The summed E-state index contributed by atoms with van der Waals surface area (Å²) in [4.78, 5) is 11.0. The van der Waals surface area contributed by atoms with Crippen molar-refractivity contribution in [1.82, 2.24) is 5.32 Å². The van der Waals surface area contributed by atoms with Crippen LogP contribution in [0.5, 0.6) is 0 Å². The molecule has 0 heterocycles. The topological polar surface area (TPSA) is 67.8 Å². The number of esters is 1. The first-order chi connectivity index (χ1) is 7.70. The zero-order valence-corrected chi connectivity index (χ0v) is 10.2. The molecular weight excluding hydrogens is 210 g/mol. The number of unbranched alkanes of at least 4 members (excludes halogenated alkanes) is 1. The molecule has 1 unspecified atom stereocenters. The van der Waals surface area contributed by atoms with Gasteiger partial charge in [-0.15, -0.1) is 0 Å². The molecule has 0 aliphatic rings. The number of rotatable bonds is 10. The Balaban J connectivity index is 3.29. The van der Waals surface area contributed by atoms with Crippen molar-refractivity contribution in [3.8, 4) is 0 Å². The molecule has 0 aliphatic heterocycles. The third-order valence-electron chi connectivity index (χ3n) is 2.04. The van der Waals surface area contributed by atoms with Crippen molar-refractivity contribution in [2.75, 3.05) is 33.4 Å². The van der Waals surface area contributed by atoms with Gasteiger partial charge in [-0.25, -0.2) is 0 Å². The number of carbonyl (C=O) groups is 1. The molecule has 0 bridgehead atoms. The lowest BCUT2D eigenvalue weighted by Crippen LogP contribution is -2.30. The second-order valence-electron chi connectivity index (χ2n) is 3.57. The van der Waals surface area contributed by atoms with Crippen LogP contribution in [0.2, 0.25) is 0 Å². The van der Waals surface area contributed by atoms with Crippen LogP contribution in [0.15, 0.2) is 0 Å². The molecule has 0 aromatic carbocycles. The second kappa shape index (κ2) is 10.9. The molecule has 5 nitrogen and oxygen atoms in total. The Bertz CT molecular complexity index is 175. The largest absolute Gasteiger partial charge is 0.466 e. The summed E-state index contributed by atoms with van der Waals surface area (Å²) in [5.74, 6) is -0.351. The van der Waals surface area contributed by atoms with Crippen molar-refractivity contribution in [2.24, 2.45) is 0 Å². The first-order valence-corrected chi connectivity index (χ1v) is 5.74. The number of ether oxygens (including phenoxy) is 2. The molecule has 0 spiro atoms. The van der Waals surface area contributed by atoms with E-state index in [9.17, 15) is 9.90 Å². The van der Waals surface area contributed by atoms with Crippen molar-refractivity contribution >= 4 is 5.97 Å². The number of aliphatic hydroxyl groups is 1. The van der Waals surface area contributed by atoms with Crippen LogP contribution in [0, 0.1) is 0 Å². The van der Waals surface area contributed by atoms with Crippen molar-refractivity contribution in [2.45, 2.75) is 32.3 Å². The summed E-state index contributed by atoms with van der Waals surface area (Å²) in [6, 6.07) is 0. The lowest BCUT2D eigenvalue weighted by Gasteiger charge is -2.10. The fraction of sp³-hybridized carbons (Fsp3) is 0.909. The van der Waals surface area contributed by atoms with Crippen molar-refractivity contribution in [1.29, 1.82) is 0 Å². The highest BCUT2D eigenvalue weighted by Gasteiger charge is 2.10. The highest BCUT2D eigenvalue weighted by atomic mass is 16.5. The first kappa shape index (κ1) is 15.3. The minimum absolute atomic E-state index is 0.0545. The van der Waals surface area contributed by atoms with Crippen molar-refractivity contribution in [3.63, 3.8) is 0 Å². The zero-order chi connectivity index (χ0) is 12.2. The van der Waals surface area contributed by atoms with Crippen LogP contribution in [0.4, 0.5) is 0 Å². The predicted molar refractivity (Wildman–Crippen MR) is 61.2 cm³/mol. The molecule has 2 N–H and O–H groups in total. The van der Waals surface area contributed by atoms with E-state index in [2.05, 4.69) is 5.32 Å². The summed E-state index contributed by atoms with van der Waals surface area (Å²) in [7, 11) is 1.68. The maximum absolute atomic E-state index is 11.0. The molecule has 0 aromatic rings. The Hall–Kier alpha value is -0.650. The van der Waals surface area contributed by atoms with Gasteiger partial charge in [-0.3, -0.25) is 4.79 Å². The maximum Gasteiger partial charge on any atom is 0.308 e. The van der Waals surface area contributed by atoms with Crippen LogP contribution in [-0.4, -0.2) is 50.6 Å². The monoisotopic (exact) mass is 233 g/mol. The predicted octanol–water partition coefficient (Wildman–Crippen LogP) is 0.317. The van der Waals surface area contributed by atoms with Crippen LogP contribution in [0.25, 0.3) is 0 Å². The van der Waals surface area contributed by atoms with Gasteiger partial charge in [0.2, 0.25) is 0 Å². The van der Waals surface area contributed by atoms with Gasteiger partial charge < -0.3 is 19.9 Å². The molecule has 0 saturated heterocycles. The fourth-order valence-electron chi connectivity index (χ4n) is 1.25. The van der Waals surface area contributed by atoms with E-state index in [1.54, 1.807) is 14.0 Å². The third kappa shape index (κ3) is 9.89. The van der Waals surface area contributed by atoms with Gasteiger partial charge in [0.25, 0.3) is 0 Å². The normalized spacial score (nSPS) is 12.4. The summed E-state index contributed by atoms with van der Waals surface area (Å²) < 4.78 is 9.64. The Kier molecular flexibility index (Phi) is 10.4. The van der Waals surface area contributed by atoms with Crippen LogP contribution >= 0.6 is 0 Å². The van der Waals surface area contributed by atoms with Crippen molar-refractivity contribution in [3.05, 3.63) is 0 Å². The van der Waals surface area contributed by atoms with Crippen LogP contribution in [0.1, 0.15) is 26.2 Å². The minimum Gasteiger partial charge on any atom is -0.466 e. The summed E-state index contributed by atoms with van der Waals surface area (Å²) in [6.45, 7) is 4.11. The third-order valence-corrected chi connectivity index (χ3v) is 2.04. The molecule has 0 radical (unpaired) electrons. The van der Waals surface area contributed by atoms with Gasteiger partial charge >= 0.3 is 5.97 Å². The highest BCUT2D eigenvalue weighted by molar-refractivity contribution is 5.69. The van der Waals surface area contributed by atoms with Crippen LogP contribution in [-0.2, 0) is 14.3 Å². The molecule has 0 aliphatic carbocycles. The van der Waals surface area contributed by atoms with E-state index >= 15 is 0 Å². The zero-order valence-electron chi connectivity index (χ0n) is 10.2. The Labute approximate surface area is 97.1 Å². The maximum atomic E-state index is 11.0. The van der Waals surface area contributed by atoms with Crippen LogP contribution in [0.3, 0.4) is 0 Å². The van der Waals surface area contributed by atoms with E-state index in [0.29, 0.717) is 13.2 Å². The van der Waals surface area contributed by atoms with E-state index in [4.69, 9.17) is 9.47 Å². The lowest BCUT2D eigenvalue weighted by molar-refractivity contribution is -0.145. The number of methoxy groups -OCH3 is 1. The van der Waals surface area contributed by atoms with Gasteiger partial charge in [-0.2, -0.15) is 0 Å². The molecule has 16 heavy (non-hydrogen) atoms. The fourth-order valence-corrected chi connectivity index (χ4v) is 1.25. The smallest absolute Gasteiger partial charge is 0.308 e. The van der Waals surface area contributed by atoms with E-state index in [-0.39, 0.29) is 12.4 Å². The average Bonchev–Trinajstić information content (AvgIpc) is 2.23. The Morgan fingerprint density at radius 1 is 1.44 bits per heavy atom. The summed E-state index contributed by atoms with van der Waals surface area (Å²) in [5, 5.41) is 12.5. The van der Waals surface area contributed by atoms with Gasteiger partial charge in [0, 0.05) is 20.3 Å². The first-order valence-electron chi connectivity index (χ1n) is 5.74. The number of hydrogen-bond acceptors (Lipinski definition) is 5. The van der Waals surface area contributed by atoms with Gasteiger partial charge in [-0.05, 0) is 26.3 Å². The van der Waals surface area contributed by atoms with Gasteiger partial charge in [-0.1, -0.05) is 0 Å². The van der Waals surface area contributed by atoms with Gasteiger partial charge in [0.1, 0.15) is 0 Å². The summed E-state index contributed by atoms with van der Waals surface area (Å²) in [6.07, 6.45) is 1.39. The molecule has 0 rings (SSSR count). The molecular formula is C11H23NO4. The van der Waals surface area contributed by atoms with E-state index in [1.165, 1.54) is 0 Å². The number of nitrogens with one attached hydrogen (secondary N) is 1. The number of carbonyl (C=O) groups excluding carboxylic acids is 1. The summed E-state index contributed by atoms with van der Waals surface area (Å²) >= 11 is 0. The van der Waals surface area contributed by atoms with Crippen LogP contribution < -0.4 is 5.32 Å². The van der Waals surface area contributed by atoms with E-state index in [1.807, 2.05) is 0 Å². The summed E-state index contributed by atoms with van der Waals surface area (Å²) in [5.41, 5.74) is 0. The SMILES string of the molecule is CCOC(=O)CC(O)CNCCCCOC. The van der Waals surface area contributed by atoms with E-state index in [0.717, 1.165) is 26.0 Å². The highest BCUT2D eigenvalue weighted by Crippen LogP contribution is 1.94. The molecule has 0 aromatic heterocycles. The second-order valence-corrected chi connectivity index (χ2v) is 3.57. The number of aliphatic hydroxyl groups excluding tert-OH is 1. The molecule has 96 valence electrons. The van der Waals surface area contributed by atoms with Crippen molar-refractivity contribution < 1.29 is 19.4 Å². The Morgan fingerprint density at radius 2 is 2.19 bits per heavy atom. The number of hydrogen-bond donors (Lipinski definition) is 2. The van der Waals surface area contributed by atoms with E-state index < -0.39 is 6.10 Å². The molecule has 1 atom stereocenters. The van der Waals surface area contributed by atoms with Gasteiger partial charge in [0.05, 0.1) is 19.1 Å². The molecule has 0 saturated carbocycles.